The van der Waals surface area contributed by atoms with Crippen molar-refractivity contribution in [3.8, 4) is 0 Å². The van der Waals surface area contributed by atoms with Crippen molar-refractivity contribution in [1.82, 2.24) is 5.32 Å². The maximum absolute atomic E-state index is 12.1. The molecule has 2 amide bonds. The Hall–Kier alpha value is -1.49. The highest BCUT2D eigenvalue weighted by atomic mass is 31.0. The number of carbonyl (C=O) groups excluding carboxylic acids is 2. The van der Waals surface area contributed by atoms with Crippen molar-refractivity contribution in [2.45, 2.75) is 40.0 Å². The standard InChI is InChI=1S/C15H23N2O4P/c1-9(2)14(19)16-10(3)15(20)17-13-5-11(7-18)4-12(6-13)8-21-22/h4-6,9-10,18H,7-8,22H2,1-3H3,(H,16,19)(H,17,20)/t10-/m0/s1. The Balaban J connectivity index is 2.78. The van der Waals surface area contributed by atoms with E-state index >= 15 is 0 Å². The van der Waals surface area contributed by atoms with Crippen LogP contribution in [0.1, 0.15) is 31.9 Å². The van der Waals surface area contributed by atoms with Crippen LogP contribution >= 0.6 is 9.47 Å². The summed E-state index contributed by atoms with van der Waals surface area (Å²) < 4.78 is 4.98. The zero-order valence-electron chi connectivity index (χ0n) is 13.1. The van der Waals surface area contributed by atoms with Crippen LogP contribution in [0.15, 0.2) is 18.2 Å². The number of amides is 2. The first-order valence-electron chi connectivity index (χ1n) is 7.04. The van der Waals surface area contributed by atoms with E-state index in [1.54, 1.807) is 39.0 Å². The molecule has 6 nitrogen and oxygen atoms in total. The smallest absolute Gasteiger partial charge is 0.246 e. The van der Waals surface area contributed by atoms with Gasteiger partial charge in [0.25, 0.3) is 0 Å². The van der Waals surface area contributed by atoms with E-state index in [0.717, 1.165) is 5.56 Å². The van der Waals surface area contributed by atoms with Crippen LogP contribution in [0.2, 0.25) is 0 Å². The number of carbonyl (C=O) groups is 2. The van der Waals surface area contributed by atoms with E-state index in [2.05, 4.69) is 20.1 Å². The first-order chi connectivity index (χ1) is 10.4. The zero-order valence-corrected chi connectivity index (χ0v) is 14.2. The van der Waals surface area contributed by atoms with Crippen LogP contribution in [-0.4, -0.2) is 23.0 Å². The molecule has 0 saturated heterocycles. The lowest BCUT2D eigenvalue weighted by Gasteiger charge is -2.16. The summed E-state index contributed by atoms with van der Waals surface area (Å²) in [7, 11) is 2.15. The summed E-state index contributed by atoms with van der Waals surface area (Å²) in [4.78, 5) is 23.7. The molecule has 0 radical (unpaired) electrons. The van der Waals surface area contributed by atoms with Gasteiger partial charge >= 0.3 is 0 Å². The SMILES string of the molecule is CC(C)C(=O)N[C@@H](C)C(=O)Nc1cc(CO)cc(COP)c1. The van der Waals surface area contributed by atoms with Crippen LogP contribution < -0.4 is 10.6 Å². The van der Waals surface area contributed by atoms with E-state index in [9.17, 15) is 14.7 Å². The average Bonchev–Trinajstić information content (AvgIpc) is 2.46. The fourth-order valence-corrected chi connectivity index (χ4v) is 1.99. The minimum Gasteiger partial charge on any atom is -0.392 e. The fourth-order valence-electron chi connectivity index (χ4n) is 1.80. The number of aliphatic hydroxyl groups excluding tert-OH is 1. The molecule has 1 unspecified atom stereocenters. The summed E-state index contributed by atoms with van der Waals surface area (Å²) in [6.07, 6.45) is 0. The second-order valence-electron chi connectivity index (χ2n) is 5.38. The lowest BCUT2D eigenvalue weighted by atomic mass is 10.1. The Morgan fingerprint density at radius 1 is 1.18 bits per heavy atom. The van der Waals surface area contributed by atoms with Gasteiger partial charge in [0.1, 0.15) is 6.04 Å². The summed E-state index contributed by atoms with van der Waals surface area (Å²) in [6, 6.07) is 4.59. The first-order valence-corrected chi connectivity index (χ1v) is 7.51. The van der Waals surface area contributed by atoms with Gasteiger partial charge in [0.15, 0.2) is 0 Å². The lowest BCUT2D eigenvalue weighted by molar-refractivity contribution is -0.128. The van der Waals surface area contributed by atoms with Crippen LogP contribution in [0.5, 0.6) is 0 Å². The summed E-state index contributed by atoms with van der Waals surface area (Å²) in [5.41, 5.74) is 2.06. The van der Waals surface area contributed by atoms with Crippen molar-refractivity contribution < 1.29 is 19.2 Å². The van der Waals surface area contributed by atoms with Crippen LogP contribution in [0.4, 0.5) is 5.69 Å². The van der Waals surface area contributed by atoms with Gasteiger partial charge < -0.3 is 20.3 Å². The van der Waals surface area contributed by atoms with Gasteiger partial charge in [-0.05, 0) is 30.2 Å². The highest BCUT2D eigenvalue weighted by Crippen LogP contribution is 2.17. The number of aliphatic hydroxyl groups is 1. The molecule has 1 aromatic rings. The Labute approximate surface area is 132 Å². The third-order valence-electron chi connectivity index (χ3n) is 3.03. The highest BCUT2D eigenvalue weighted by Gasteiger charge is 2.17. The van der Waals surface area contributed by atoms with E-state index < -0.39 is 6.04 Å². The predicted molar refractivity (Wildman–Crippen MR) is 87.9 cm³/mol. The minimum absolute atomic E-state index is 0.132. The first kappa shape index (κ1) is 18.6. The molecule has 0 fully saturated rings. The maximum Gasteiger partial charge on any atom is 0.246 e. The van der Waals surface area contributed by atoms with Crippen molar-refractivity contribution in [1.29, 1.82) is 0 Å². The Morgan fingerprint density at radius 2 is 1.82 bits per heavy atom. The molecule has 0 bridgehead atoms. The van der Waals surface area contributed by atoms with E-state index in [-0.39, 0.29) is 24.3 Å². The Kier molecular flexibility index (Phi) is 7.45. The van der Waals surface area contributed by atoms with Gasteiger partial charge in [-0.2, -0.15) is 0 Å². The summed E-state index contributed by atoms with van der Waals surface area (Å²) in [6.45, 7) is 5.37. The highest BCUT2D eigenvalue weighted by molar-refractivity contribution is 7.09. The molecule has 0 aliphatic heterocycles. The summed E-state index contributed by atoms with van der Waals surface area (Å²) in [5.74, 6) is -0.676. The van der Waals surface area contributed by atoms with Gasteiger partial charge in [0.2, 0.25) is 11.8 Å². The van der Waals surface area contributed by atoms with E-state index in [0.29, 0.717) is 17.9 Å². The summed E-state index contributed by atoms with van der Waals surface area (Å²) >= 11 is 0. The van der Waals surface area contributed by atoms with Gasteiger partial charge in [-0.15, -0.1) is 0 Å². The monoisotopic (exact) mass is 326 g/mol. The van der Waals surface area contributed by atoms with E-state index in [4.69, 9.17) is 4.52 Å². The molecule has 0 spiro atoms. The van der Waals surface area contributed by atoms with Gasteiger partial charge in [0.05, 0.1) is 13.2 Å². The average molecular weight is 326 g/mol. The van der Waals surface area contributed by atoms with Crippen molar-refractivity contribution in [3.05, 3.63) is 29.3 Å². The van der Waals surface area contributed by atoms with Gasteiger partial charge in [-0.25, -0.2) is 0 Å². The molecule has 0 aliphatic carbocycles. The fraction of sp³-hybridized carbons (Fsp3) is 0.467. The second-order valence-corrected chi connectivity index (χ2v) is 5.71. The normalized spacial score (nSPS) is 12.1. The number of hydrogen-bond donors (Lipinski definition) is 3. The molecule has 0 aromatic heterocycles. The molecule has 122 valence electrons. The molecule has 0 heterocycles. The molecule has 0 aliphatic rings. The Morgan fingerprint density at radius 3 is 2.36 bits per heavy atom. The second kappa shape index (κ2) is 8.83. The number of rotatable bonds is 7. The van der Waals surface area contributed by atoms with E-state index in [1.807, 2.05) is 0 Å². The number of benzene rings is 1. The third kappa shape index (κ3) is 5.72. The van der Waals surface area contributed by atoms with Gasteiger partial charge in [0, 0.05) is 21.1 Å². The van der Waals surface area contributed by atoms with Gasteiger partial charge in [-0.1, -0.05) is 19.9 Å². The molecule has 3 N–H and O–H groups in total. The number of nitrogens with one attached hydrogen (secondary N) is 2. The van der Waals surface area contributed by atoms with Crippen LogP contribution in [0.25, 0.3) is 0 Å². The van der Waals surface area contributed by atoms with Gasteiger partial charge in [-0.3, -0.25) is 9.59 Å². The third-order valence-corrected chi connectivity index (χ3v) is 3.20. The largest absolute Gasteiger partial charge is 0.392 e. The number of anilines is 1. The van der Waals surface area contributed by atoms with Crippen molar-refractivity contribution in [2.24, 2.45) is 5.92 Å². The lowest BCUT2D eigenvalue weighted by Crippen LogP contribution is -2.43. The van der Waals surface area contributed by atoms with Crippen LogP contribution in [-0.2, 0) is 27.3 Å². The molecule has 0 saturated carbocycles. The maximum atomic E-state index is 12.1. The molecule has 2 atom stereocenters. The zero-order chi connectivity index (χ0) is 16.7. The molecular formula is C15H23N2O4P. The molecule has 1 aromatic carbocycles. The molecule has 7 heteroatoms. The van der Waals surface area contributed by atoms with Crippen LogP contribution in [0, 0.1) is 5.92 Å². The van der Waals surface area contributed by atoms with Crippen molar-refractivity contribution in [2.75, 3.05) is 5.32 Å². The molecule has 1 rings (SSSR count). The summed E-state index contributed by atoms with van der Waals surface area (Å²) in [5, 5.41) is 14.6. The van der Waals surface area contributed by atoms with Crippen molar-refractivity contribution in [3.63, 3.8) is 0 Å². The number of hydrogen-bond acceptors (Lipinski definition) is 4. The minimum atomic E-state index is -0.644. The van der Waals surface area contributed by atoms with Crippen molar-refractivity contribution >= 4 is 27.0 Å². The quantitative estimate of drug-likeness (QED) is 0.664. The predicted octanol–water partition coefficient (Wildman–Crippen LogP) is 1.58. The van der Waals surface area contributed by atoms with E-state index in [1.165, 1.54) is 0 Å². The topological polar surface area (TPSA) is 87.7 Å². The van der Waals surface area contributed by atoms with Crippen LogP contribution in [0.3, 0.4) is 0 Å². The molecule has 22 heavy (non-hydrogen) atoms. The Bertz CT molecular complexity index is 534. The molecular weight excluding hydrogens is 303 g/mol.